The van der Waals surface area contributed by atoms with Crippen molar-refractivity contribution in [3.63, 3.8) is 0 Å². The van der Waals surface area contributed by atoms with Crippen LogP contribution in [-0.2, 0) is 25.8 Å². The van der Waals surface area contributed by atoms with Crippen molar-refractivity contribution < 1.29 is 4.39 Å². The molecule has 1 aliphatic rings. The van der Waals surface area contributed by atoms with Gasteiger partial charge in [0.1, 0.15) is 17.5 Å². The maximum absolute atomic E-state index is 13.4. The van der Waals surface area contributed by atoms with Gasteiger partial charge in [-0.3, -0.25) is 4.99 Å². The zero-order valence-corrected chi connectivity index (χ0v) is 18.3. The number of nitrogens with one attached hydrogen (secondary N) is 3. The number of aromatic amines is 1. The predicted molar refractivity (Wildman–Crippen MR) is 122 cm³/mol. The highest BCUT2D eigenvalue weighted by Gasteiger charge is 2.14. The Balaban J connectivity index is 1.27. The molecule has 4 rings (SSSR count). The predicted octanol–water partition coefficient (Wildman–Crippen LogP) is 3.36. The molecule has 1 aromatic carbocycles. The quantitative estimate of drug-likeness (QED) is 0.294. The molecule has 1 aliphatic heterocycles. The van der Waals surface area contributed by atoms with Gasteiger partial charge in [0.05, 0.1) is 0 Å². The van der Waals surface area contributed by atoms with Crippen molar-refractivity contribution in [1.29, 1.82) is 0 Å². The average molecular weight is 426 g/mol. The Morgan fingerprint density at radius 1 is 1.19 bits per heavy atom. The van der Waals surface area contributed by atoms with Gasteiger partial charge in [-0.15, -0.1) is 10.2 Å². The van der Waals surface area contributed by atoms with E-state index in [0.29, 0.717) is 0 Å². The molecule has 0 bridgehead atoms. The third kappa shape index (κ3) is 5.42. The van der Waals surface area contributed by atoms with E-state index in [0.717, 1.165) is 80.4 Å². The molecular weight excluding hydrogens is 393 g/mol. The molecule has 8 heteroatoms. The van der Waals surface area contributed by atoms with Crippen LogP contribution in [0.5, 0.6) is 0 Å². The van der Waals surface area contributed by atoms with Gasteiger partial charge >= 0.3 is 0 Å². The molecule has 3 aromatic rings. The van der Waals surface area contributed by atoms with Crippen LogP contribution in [0.4, 0.5) is 4.39 Å². The number of nitrogens with zero attached hydrogens (tertiary/aromatic N) is 4. The minimum Gasteiger partial charge on any atom is -0.361 e. The van der Waals surface area contributed by atoms with Gasteiger partial charge in [-0.1, -0.05) is 6.42 Å². The summed E-state index contributed by atoms with van der Waals surface area (Å²) in [5, 5.41) is 16.6. The van der Waals surface area contributed by atoms with E-state index in [1.165, 1.54) is 37.0 Å². The molecule has 0 aliphatic carbocycles. The first-order valence-electron chi connectivity index (χ1n) is 11.4. The van der Waals surface area contributed by atoms with Crippen LogP contribution >= 0.6 is 0 Å². The topological polar surface area (TPSA) is 82.9 Å². The van der Waals surface area contributed by atoms with Crippen LogP contribution in [0.3, 0.4) is 0 Å². The third-order valence-electron chi connectivity index (χ3n) is 5.77. The van der Waals surface area contributed by atoms with E-state index < -0.39 is 0 Å². The van der Waals surface area contributed by atoms with Crippen molar-refractivity contribution in [2.45, 2.75) is 58.4 Å². The first-order chi connectivity index (χ1) is 15.2. The van der Waals surface area contributed by atoms with E-state index in [1.807, 2.05) is 12.3 Å². The second-order valence-corrected chi connectivity index (χ2v) is 8.04. The Labute approximate surface area is 182 Å². The number of fused-ring (bicyclic) bond motifs is 2. The lowest BCUT2D eigenvalue weighted by molar-refractivity contribution is 0.597. The standard InChI is InChI=1S/C23H32FN7/c1-2-25-23(27-13-11-17-16-28-20-15-18(24)9-10-19(17)20)26-12-6-8-22-30-29-21-7-4-3-5-14-31(21)22/h9-10,15-16,28H,2-8,11-14H2,1H3,(H2,25,26,27). The Morgan fingerprint density at radius 3 is 3.03 bits per heavy atom. The van der Waals surface area contributed by atoms with E-state index >= 15 is 0 Å². The highest BCUT2D eigenvalue weighted by molar-refractivity contribution is 5.83. The number of benzene rings is 1. The first kappa shape index (κ1) is 21.3. The van der Waals surface area contributed by atoms with Crippen LogP contribution < -0.4 is 10.6 Å². The lowest BCUT2D eigenvalue weighted by Gasteiger charge is -2.11. The summed E-state index contributed by atoms with van der Waals surface area (Å²) in [6, 6.07) is 4.87. The lowest BCUT2D eigenvalue weighted by atomic mass is 10.1. The van der Waals surface area contributed by atoms with Gasteiger partial charge in [0, 0.05) is 56.1 Å². The van der Waals surface area contributed by atoms with E-state index in [2.05, 4.69) is 37.3 Å². The smallest absolute Gasteiger partial charge is 0.191 e. The van der Waals surface area contributed by atoms with Gasteiger partial charge in [0.25, 0.3) is 0 Å². The Bertz CT molecular complexity index is 1020. The van der Waals surface area contributed by atoms with Crippen LogP contribution in [0.1, 0.15) is 49.8 Å². The van der Waals surface area contributed by atoms with Gasteiger partial charge in [-0.2, -0.15) is 0 Å². The normalized spacial score (nSPS) is 14.5. The van der Waals surface area contributed by atoms with Crippen molar-refractivity contribution in [2.24, 2.45) is 4.99 Å². The maximum atomic E-state index is 13.4. The number of halogens is 1. The summed E-state index contributed by atoms with van der Waals surface area (Å²) >= 11 is 0. The van der Waals surface area contributed by atoms with Crippen LogP contribution in [0.15, 0.2) is 29.4 Å². The summed E-state index contributed by atoms with van der Waals surface area (Å²) in [4.78, 5) is 7.86. The minimum atomic E-state index is -0.220. The van der Waals surface area contributed by atoms with Crippen molar-refractivity contribution in [3.8, 4) is 0 Å². The number of hydrogen-bond donors (Lipinski definition) is 3. The molecule has 166 valence electrons. The van der Waals surface area contributed by atoms with Gasteiger partial charge in [-0.25, -0.2) is 4.39 Å². The van der Waals surface area contributed by atoms with E-state index in [-0.39, 0.29) is 5.82 Å². The molecule has 3 N–H and O–H groups in total. The van der Waals surface area contributed by atoms with Gasteiger partial charge in [0.2, 0.25) is 0 Å². The molecule has 0 fully saturated rings. The number of rotatable bonds is 8. The van der Waals surface area contributed by atoms with Crippen molar-refractivity contribution in [2.75, 3.05) is 19.6 Å². The summed E-state index contributed by atoms with van der Waals surface area (Å²) in [7, 11) is 0. The number of aryl methyl sites for hydroxylation is 2. The molecule has 0 saturated carbocycles. The lowest BCUT2D eigenvalue weighted by Crippen LogP contribution is -2.38. The number of aromatic nitrogens is 4. The molecule has 0 spiro atoms. The summed E-state index contributed by atoms with van der Waals surface area (Å²) in [5.41, 5.74) is 2.01. The second kappa shape index (κ2) is 10.4. The van der Waals surface area contributed by atoms with Gasteiger partial charge in [-0.05, 0) is 56.4 Å². The maximum Gasteiger partial charge on any atom is 0.191 e. The Morgan fingerprint density at radius 2 is 2.13 bits per heavy atom. The van der Waals surface area contributed by atoms with Crippen molar-refractivity contribution in [1.82, 2.24) is 30.4 Å². The molecule has 31 heavy (non-hydrogen) atoms. The molecule has 0 radical (unpaired) electrons. The third-order valence-corrected chi connectivity index (χ3v) is 5.77. The van der Waals surface area contributed by atoms with Crippen LogP contribution in [0.25, 0.3) is 10.9 Å². The van der Waals surface area contributed by atoms with E-state index in [1.54, 1.807) is 0 Å². The van der Waals surface area contributed by atoms with E-state index in [9.17, 15) is 4.39 Å². The molecule has 0 unspecified atom stereocenters. The highest BCUT2D eigenvalue weighted by Crippen LogP contribution is 2.19. The molecule has 7 nitrogen and oxygen atoms in total. The van der Waals surface area contributed by atoms with Crippen LogP contribution in [0, 0.1) is 5.82 Å². The SMILES string of the molecule is CCNC(=NCCCc1nnc2n1CCCCC2)NCCc1c[nH]c2cc(F)ccc12. The van der Waals surface area contributed by atoms with Gasteiger partial charge < -0.3 is 20.2 Å². The Kier molecular flexibility index (Phi) is 7.17. The summed E-state index contributed by atoms with van der Waals surface area (Å²) in [6.45, 7) is 5.43. The zero-order valence-electron chi connectivity index (χ0n) is 18.3. The fourth-order valence-electron chi connectivity index (χ4n) is 4.18. The van der Waals surface area contributed by atoms with Crippen LogP contribution in [-0.4, -0.2) is 45.3 Å². The largest absolute Gasteiger partial charge is 0.361 e. The fourth-order valence-corrected chi connectivity index (χ4v) is 4.18. The molecular formula is C23H32FN7. The number of hydrogen-bond acceptors (Lipinski definition) is 3. The summed E-state index contributed by atoms with van der Waals surface area (Å²) in [6.07, 6.45) is 9.40. The van der Waals surface area contributed by atoms with Gasteiger partial charge in [0.15, 0.2) is 5.96 Å². The molecule has 0 amide bonds. The monoisotopic (exact) mass is 425 g/mol. The van der Waals surface area contributed by atoms with Crippen molar-refractivity contribution >= 4 is 16.9 Å². The molecule has 0 saturated heterocycles. The first-order valence-corrected chi connectivity index (χ1v) is 11.4. The van der Waals surface area contributed by atoms with Crippen molar-refractivity contribution in [3.05, 3.63) is 47.4 Å². The number of guanidine groups is 1. The van der Waals surface area contributed by atoms with E-state index in [4.69, 9.17) is 4.99 Å². The van der Waals surface area contributed by atoms with Crippen LogP contribution in [0.2, 0.25) is 0 Å². The highest BCUT2D eigenvalue weighted by atomic mass is 19.1. The number of aliphatic imine (C=N–C) groups is 1. The second-order valence-electron chi connectivity index (χ2n) is 8.04. The molecule has 2 aromatic heterocycles. The minimum absolute atomic E-state index is 0.220. The number of H-pyrrole nitrogens is 1. The summed E-state index contributed by atoms with van der Waals surface area (Å²) in [5.74, 6) is 2.85. The Hall–Kier alpha value is -2.90. The zero-order chi connectivity index (χ0) is 21.5. The summed E-state index contributed by atoms with van der Waals surface area (Å²) < 4.78 is 15.7. The molecule has 0 atom stereocenters. The fraction of sp³-hybridized carbons (Fsp3) is 0.522. The molecule has 3 heterocycles. The average Bonchev–Trinajstić information content (AvgIpc) is 3.26.